The number of allylic oxidation sites excluding steroid dienone is 1. The molecule has 0 saturated heterocycles. The smallest absolute Gasteiger partial charge is 0.0595 e. The summed E-state index contributed by atoms with van der Waals surface area (Å²) in [5, 5.41) is 1.19. The van der Waals surface area contributed by atoms with Gasteiger partial charge in [-0.05, 0) is 23.6 Å². The van der Waals surface area contributed by atoms with Gasteiger partial charge in [0.05, 0.1) is 10.0 Å². The number of benzene rings is 1. The molecule has 0 saturated carbocycles. The van der Waals surface area contributed by atoms with Gasteiger partial charge >= 0.3 is 0 Å². The Morgan fingerprint density at radius 2 is 2.00 bits per heavy atom. The molecule has 0 N–H and O–H groups in total. The first kappa shape index (κ1) is 9.63. The molecule has 1 aromatic carbocycles. The Morgan fingerprint density at radius 3 is 2.50 bits per heavy atom. The first-order valence-electron chi connectivity index (χ1n) is 3.72. The maximum Gasteiger partial charge on any atom is 0.0595 e. The van der Waals surface area contributed by atoms with Gasteiger partial charge in [-0.1, -0.05) is 42.3 Å². The van der Waals surface area contributed by atoms with E-state index in [1.54, 1.807) is 6.07 Å². The lowest BCUT2D eigenvalue weighted by atomic mass is 10.0. The zero-order valence-electron chi connectivity index (χ0n) is 6.85. The van der Waals surface area contributed by atoms with E-state index in [1.165, 1.54) is 0 Å². The lowest BCUT2D eigenvalue weighted by molar-refractivity contribution is 0.971. The molecule has 0 amide bonds. The minimum atomic E-state index is 0.319. The highest BCUT2D eigenvalue weighted by Crippen LogP contribution is 2.26. The van der Waals surface area contributed by atoms with Crippen LogP contribution in [0.5, 0.6) is 0 Å². The summed E-state index contributed by atoms with van der Waals surface area (Å²) in [6.45, 7) is 5.78. The van der Waals surface area contributed by atoms with E-state index in [-0.39, 0.29) is 0 Å². The van der Waals surface area contributed by atoms with Crippen LogP contribution in [-0.2, 0) is 0 Å². The molecule has 12 heavy (non-hydrogen) atoms. The minimum absolute atomic E-state index is 0.319. The first-order valence-corrected chi connectivity index (χ1v) is 4.48. The molecule has 1 atom stereocenters. The van der Waals surface area contributed by atoms with Gasteiger partial charge in [0.2, 0.25) is 0 Å². The van der Waals surface area contributed by atoms with Crippen LogP contribution in [-0.4, -0.2) is 0 Å². The van der Waals surface area contributed by atoms with Gasteiger partial charge in [0, 0.05) is 0 Å². The molecule has 0 aromatic heterocycles. The van der Waals surface area contributed by atoms with Crippen LogP contribution >= 0.6 is 23.2 Å². The van der Waals surface area contributed by atoms with Crippen LogP contribution in [0.4, 0.5) is 0 Å². The fourth-order valence-corrected chi connectivity index (χ4v) is 1.24. The van der Waals surface area contributed by atoms with E-state index in [1.807, 2.05) is 18.2 Å². The van der Waals surface area contributed by atoms with E-state index >= 15 is 0 Å². The molecule has 0 spiro atoms. The van der Waals surface area contributed by atoms with Crippen LogP contribution in [0, 0.1) is 0 Å². The van der Waals surface area contributed by atoms with Crippen molar-refractivity contribution in [1.29, 1.82) is 0 Å². The average Bonchev–Trinajstić information content (AvgIpc) is 2.08. The molecule has 64 valence electrons. The molecule has 0 bridgehead atoms. The third kappa shape index (κ3) is 2.02. The molecular weight excluding hydrogens is 191 g/mol. The molecule has 0 aliphatic carbocycles. The minimum Gasteiger partial charge on any atom is -0.102 e. The fourth-order valence-electron chi connectivity index (χ4n) is 0.932. The van der Waals surface area contributed by atoms with Crippen molar-refractivity contribution in [3.05, 3.63) is 46.5 Å². The molecule has 1 aromatic rings. The van der Waals surface area contributed by atoms with Crippen molar-refractivity contribution in [2.75, 3.05) is 0 Å². The second kappa shape index (κ2) is 3.97. The molecule has 0 aliphatic rings. The Bertz CT molecular complexity index is 292. The van der Waals surface area contributed by atoms with Gasteiger partial charge in [0.25, 0.3) is 0 Å². The standard InChI is InChI=1S/C10H10Cl2/c1-3-7(2)8-4-5-9(11)10(12)6-8/h3-7H,1H2,2H3. The van der Waals surface area contributed by atoms with Crippen molar-refractivity contribution in [2.45, 2.75) is 12.8 Å². The number of hydrogen-bond donors (Lipinski definition) is 0. The Balaban J connectivity index is 3.04. The van der Waals surface area contributed by atoms with Gasteiger partial charge in [-0.3, -0.25) is 0 Å². The van der Waals surface area contributed by atoms with Crippen molar-refractivity contribution in [3.63, 3.8) is 0 Å². The normalized spacial score (nSPS) is 12.6. The third-order valence-corrected chi connectivity index (χ3v) is 2.56. The van der Waals surface area contributed by atoms with Crippen LogP contribution in [0.2, 0.25) is 10.0 Å². The van der Waals surface area contributed by atoms with Crippen LogP contribution < -0.4 is 0 Å². The van der Waals surface area contributed by atoms with E-state index in [0.29, 0.717) is 16.0 Å². The van der Waals surface area contributed by atoms with E-state index in [4.69, 9.17) is 23.2 Å². The maximum absolute atomic E-state index is 5.85. The monoisotopic (exact) mass is 200 g/mol. The largest absolute Gasteiger partial charge is 0.102 e. The Labute approximate surface area is 82.8 Å². The Morgan fingerprint density at radius 1 is 1.33 bits per heavy atom. The van der Waals surface area contributed by atoms with Gasteiger partial charge in [-0.25, -0.2) is 0 Å². The van der Waals surface area contributed by atoms with E-state index in [2.05, 4.69) is 13.5 Å². The SMILES string of the molecule is C=CC(C)c1ccc(Cl)c(Cl)c1. The van der Waals surface area contributed by atoms with Crippen molar-refractivity contribution in [2.24, 2.45) is 0 Å². The summed E-state index contributed by atoms with van der Waals surface area (Å²) in [5.74, 6) is 0.319. The quantitative estimate of drug-likeness (QED) is 0.626. The van der Waals surface area contributed by atoms with Crippen LogP contribution in [0.1, 0.15) is 18.4 Å². The van der Waals surface area contributed by atoms with Gasteiger partial charge in [0.15, 0.2) is 0 Å². The molecule has 0 nitrogen and oxygen atoms in total. The van der Waals surface area contributed by atoms with Gasteiger partial charge in [-0.2, -0.15) is 0 Å². The Hall–Kier alpha value is -0.460. The molecule has 2 heteroatoms. The highest BCUT2D eigenvalue weighted by molar-refractivity contribution is 6.42. The van der Waals surface area contributed by atoms with E-state index < -0.39 is 0 Å². The predicted octanol–water partition coefficient (Wildman–Crippen LogP) is 4.28. The maximum atomic E-state index is 5.85. The summed E-state index contributed by atoms with van der Waals surface area (Å²) < 4.78 is 0. The van der Waals surface area contributed by atoms with Crippen molar-refractivity contribution < 1.29 is 0 Å². The molecule has 0 aliphatic heterocycles. The number of rotatable bonds is 2. The molecule has 0 radical (unpaired) electrons. The molecule has 1 unspecified atom stereocenters. The lowest BCUT2D eigenvalue weighted by Gasteiger charge is -2.06. The second-order valence-corrected chi connectivity index (χ2v) is 3.51. The molecule has 0 fully saturated rings. The third-order valence-electron chi connectivity index (χ3n) is 1.82. The zero-order valence-corrected chi connectivity index (χ0v) is 8.36. The lowest BCUT2D eigenvalue weighted by Crippen LogP contribution is -1.87. The summed E-state index contributed by atoms with van der Waals surface area (Å²) in [6.07, 6.45) is 1.87. The summed E-state index contributed by atoms with van der Waals surface area (Å²) in [7, 11) is 0. The van der Waals surface area contributed by atoms with Crippen LogP contribution in [0.25, 0.3) is 0 Å². The van der Waals surface area contributed by atoms with Gasteiger partial charge < -0.3 is 0 Å². The molecule has 1 rings (SSSR count). The fraction of sp³-hybridized carbons (Fsp3) is 0.200. The van der Waals surface area contributed by atoms with Crippen LogP contribution in [0.3, 0.4) is 0 Å². The number of halogens is 2. The molecular formula is C10H10Cl2. The summed E-state index contributed by atoms with van der Waals surface area (Å²) >= 11 is 11.6. The topological polar surface area (TPSA) is 0 Å². The van der Waals surface area contributed by atoms with Gasteiger partial charge in [-0.15, -0.1) is 6.58 Å². The zero-order chi connectivity index (χ0) is 9.14. The average molecular weight is 201 g/mol. The van der Waals surface area contributed by atoms with E-state index in [0.717, 1.165) is 5.56 Å². The number of hydrogen-bond acceptors (Lipinski definition) is 0. The van der Waals surface area contributed by atoms with Crippen molar-refractivity contribution in [3.8, 4) is 0 Å². The van der Waals surface area contributed by atoms with Crippen molar-refractivity contribution in [1.82, 2.24) is 0 Å². The van der Waals surface area contributed by atoms with E-state index in [9.17, 15) is 0 Å². The first-order chi connectivity index (χ1) is 5.65. The second-order valence-electron chi connectivity index (χ2n) is 2.70. The van der Waals surface area contributed by atoms with Crippen molar-refractivity contribution >= 4 is 23.2 Å². The Kier molecular flexibility index (Phi) is 3.19. The highest BCUT2D eigenvalue weighted by Gasteiger charge is 2.03. The highest BCUT2D eigenvalue weighted by atomic mass is 35.5. The molecule has 0 heterocycles. The summed E-state index contributed by atoms with van der Waals surface area (Å²) in [6, 6.07) is 5.63. The summed E-state index contributed by atoms with van der Waals surface area (Å²) in [5.41, 5.74) is 1.14. The van der Waals surface area contributed by atoms with Crippen LogP contribution in [0.15, 0.2) is 30.9 Å². The summed E-state index contributed by atoms with van der Waals surface area (Å²) in [4.78, 5) is 0. The predicted molar refractivity (Wildman–Crippen MR) is 55.1 cm³/mol. The van der Waals surface area contributed by atoms with Gasteiger partial charge in [0.1, 0.15) is 0 Å².